The van der Waals surface area contributed by atoms with Gasteiger partial charge >= 0.3 is 0 Å². The van der Waals surface area contributed by atoms with Gasteiger partial charge in [-0.1, -0.05) is 24.3 Å². The molecule has 2 aromatic carbocycles. The molecule has 0 spiro atoms. The fourth-order valence-corrected chi connectivity index (χ4v) is 3.04. The molecule has 2 heterocycles. The zero-order valence-electron chi connectivity index (χ0n) is 13.0. The maximum atomic E-state index is 14.0. The molecule has 0 radical (unpaired) electrons. The first-order valence-corrected chi connectivity index (χ1v) is 8.06. The number of rotatable bonds is 2. The molecule has 0 bridgehead atoms. The summed E-state index contributed by atoms with van der Waals surface area (Å²) in [7, 11) is 0. The molecule has 25 heavy (non-hydrogen) atoms. The first kappa shape index (κ1) is 15.6. The van der Waals surface area contributed by atoms with Gasteiger partial charge in [0, 0.05) is 5.56 Å². The highest BCUT2D eigenvalue weighted by atomic mass is 32.1. The van der Waals surface area contributed by atoms with Crippen molar-refractivity contribution in [1.82, 2.24) is 5.32 Å². The van der Waals surface area contributed by atoms with Gasteiger partial charge in [-0.05, 0) is 36.5 Å². The Kier molecular flexibility index (Phi) is 3.85. The third kappa shape index (κ3) is 2.72. The summed E-state index contributed by atoms with van der Waals surface area (Å²) in [4.78, 5) is 13.9. The molecule has 126 valence electrons. The van der Waals surface area contributed by atoms with Crippen LogP contribution >= 0.6 is 12.2 Å². The van der Waals surface area contributed by atoms with Gasteiger partial charge in [0.2, 0.25) is 0 Å². The number of ether oxygens (including phenoxy) is 2. The summed E-state index contributed by atoms with van der Waals surface area (Å²) in [6.07, 6.45) is 1.63. The molecule has 2 aliphatic heterocycles. The summed E-state index contributed by atoms with van der Waals surface area (Å²) in [5, 5.41) is 2.97. The summed E-state index contributed by atoms with van der Waals surface area (Å²) >= 11 is 5.20. The molecule has 1 saturated heterocycles. The highest BCUT2D eigenvalue weighted by Crippen LogP contribution is 2.35. The molecule has 4 rings (SSSR count). The van der Waals surface area contributed by atoms with Crippen molar-refractivity contribution in [3.05, 3.63) is 59.5 Å². The van der Waals surface area contributed by atoms with Crippen LogP contribution in [-0.4, -0.2) is 24.2 Å². The lowest BCUT2D eigenvalue weighted by Crippen LogP contribution is -2.31. The van der Waals surface area contributed by atoms with E-state index in [0.29, 0.717) is 30.3 Å². The number of anilines is 1. The Bertz CT molecular complexity index is 913. The Labute approximate surface area is 148 Å². The van der Waals surface area contributed by atoms with Gasteiger partial charge in [-0.3, -0.25) is 4.79 Å². The zero-order chi connectivity index (χ0) is 17.4. The minimum absolute atomic E-state index is 0.114. The number of fused-ring (bicyclic) bond motifs is 1. The summed E-state index contributed by atoms with van der Waals surface area (Å²) in [5.74, 6) is 0.255. The predicted octanol–water partition coefficient (Wildman–Crippen LogP) is 2.86. The van der Waals surface area contributed by atoms with Crippen LogP contribution in [0.1, 0.15) is 5.56 Å². The molecule has 0 atom stereocenters. The van der Waals surface area contributed by atoms with E-state index in [9.17, 15) is 9.18 Å². The quantitative estimate of drug-likeness (QED) is 0.662. The van der Waals surface area contributed by atoms with Crippen LogP contribution in [0.4, 0.5) is 10.1 Å². The number of para-hydroxylation sites is 2. The molecule has 7 heteroatoms. The van der Waals surface area contributed by atoms with Crippen molar-refractivity contribution in [2.24, 2.45) is 0 Å². The SMILES string of the molecule is O=C1C(=Cc2cccc3c2OCCO3)NC(=S)N1c1ccccc1F. The smallest absolute Gasteiger partial charge is 0.281 e. The van der Waals surface area contributed by atoms with E-state index in [-0.39, 0.29) is 16.5 Å². The van der Waals surface area contributed by atoms with Gasteiger partial charge in [-0.15, -0.1) is 0 Å². The van der Waals surface area contributed by atoms with Crippen LogP contribution in [0.3, 0.4) is 0 Å². The van der Waals surface area contributed by atoms with Gasteiger partial charge in [0.1, 0.15) is 24.7 Å². The van der Waals surface area contributed by atoms with E-state index in [4.69, 9.17) is 21.7 Å². The van der Waals surface area contributed by atoms with E-state index < -0.39 is 11.7 Å². The van der Waals surface area contributed by atoms with Gasteiger partial charge in [0.15, 0.2) is 16.6 Å². The van der Waals surface area contributed by atoms with Crippen LogP contribution in [0.15, 0.2) is 48.2 Å². The molecular weight excluding hydrogens is 343 g/mol. The van der Waals surface area contributed by atoms with Crippen molar-refractivity contribution in [3.8, 4) is 11.5 Å². The fourth-order valence-electron chi connectivity index (χ4n) is 2.75. The average Bonchev–Trinajstić information content (AvgIpc) is 2.90. The second kappa shape index (κ2) is 6.18. The number of halogens is 1. The van der Waals surface area contributed by atoms with Crippen LogP contribution in [0, 0.1) is 5.82 Å². The molecule has 1 amide bonds. The summed E-state index contributed by atoms with van der Waals surface area (Å²) in [6.45, 7) is 0.920. The largest absolute Gasteiger partial charge is 0.486 e. The highest BCUT2D eigenvalue weighted by molar-refractivity contribution is 7.80. The molecular formula is C18H13FN2O3S. The molecule has 0 unspecified atom stereocenters. The second-order valence-corrected chi connectivity index (χ2v) is 5.84. The van der Waals surface area contributed by atoms with Crippen molar-refractivity contribution in [2.45, 2.75) is 0 Å². The topological polar surface area (TPSA) is 50.8 Å². The number of carbonyl (C=O) groups excluding carboxylic acids is 1. The number of amides is 1. The molecule has 1 fully saturated rings. The molecule has 1 N–H and O–H groups in total. The average molecular weight is 356 g/mol. The lowest BCUT2D eigenvalue weighted by molar-refractivity contribution is -0.113. The third-order valence-electron chi connectivity index (χ3n) is 3.87. The number of nitrogens with one attached hydrogen (secondary N) is 1. The summed E-state index contributed by atoms with van der Waals surface area (Å²) in [5.41, 5.74) is 1.05. The number of thiocarbonyl (C=S) groups is 1. The van der Waals surface area contributed by atoms with Crippen molar-refractivity contribution in [3.63, 3.8) is 0 Å². The van der Waals surface area contributed by atoms with E-state index >= 15 is 0 Å². The third-order valence-corrected chi connectivity index (χ3v) is 4.15. The van der Waals surface area contributed by atoms with Crippen LogP contribution < -0.4 is 19.7 Å². The van der Waals surface area contributed by atoms with Gasteiger partial charge in [-0.25, -0.2) is 9.29 Å². The number of carbonyl (C=O) groups is 1. The first-order valence-electron chi connectivity index (χ1n) is 7.65. The van der Waals surface area contributed by atoms with Crippen LogP contribution in [0.25, 0.3) is 6.08 Å². The molecule has 0 aliphatic carbocycles. The van der Waals surface area contributed by atoms with Gasteiger partial charge in [0.05, 0.1) is 5.69 Å². The Morgan fingerprint density at radius 2 is 1.92 bits per heavy atom. The standard InChI is InChI=1S/C18H13FN2O3S/c19-12-5-1-2-6-14(12)21-17(22)13(20-18(21)25)10-11-4-3-7-15-16(11)24-9-8-23-15/h1-7,10H,8-9H2,(H,20,25). The highest BCUT2D eigenvalue weighted by Gasteiger charge is 2.33. The first-order chi connectivity index (χ1) is 12.1. The lowest BCUT2D eigenvalue weighted by Gasteiger charge is -2.19. The molecule has 2 aromatic rings. The van der Waals surface area contributed by atoms with Crippen molar-refractivity contribution < 1.29 is 18.7 Å². The normalized spacial score (nSPS) is 17.8. The van der Waals surface area contributed by atoms with E-state index in [1.165, 1.54) is 12.1 Å². The molecule has 5 nitrogen and oxygen atoms in total. The van der Waals surface area contributed by atoms with E-state index in [1.807, 2.05) is 12.1 Å². The Balaban J connectivity index is 1.71. The molecule has 0 saturated carbocycles. The number of hydrogen-bond donors (Lipinski definition) is 1. The number of nitrogens with zero attached hydrogens (tertiary/aromatic N) is 1. The Morgan fingerprint density at radius 1 is 1.12 bits per heavy atom. The lowest BCUT2D eigenvalue weighted by atomic mass is 10.1. The predicted molar refractivity (Wildman–Crippen MR) is 95.0 cm³/mol. The number of hydrogen-bond acceptors (Lipinski definition) is 4. The van der Waals surface area contributed by atoms with Crippen LogP contribution in [0.2, 0.25) is 0 Å². The monoisotopic (exact) mass is 356 g/mol. The van der Waals surface area contributed by atoms with Gasteiger partial charge in [0.25, 0.3) is 5.91 Å². The zero-order valence-corrected chi connectivity index (χ0v) is 13.8. The number of benzene rings is 2. The minimum Gasteiger partial charge on any atom is -0.486 e. The minimum atomic E-state index is -0.518. The van der Waals surface area contributed by atoms with Crippen molar-refractivity contribution in [1.29, 1.82) is 0 Å². The molecule has 2 aliphatic rings. The van der Waals surface area contributed by atoms with Gasteiger partial charge < -0.3 is 14.8 Å². The van der Waals surface area contributed by atoms with Crippen molar-refractivity contribution in [2.75, 3.05) is 18.1 Å². The summed E-state index contributed by atoms with van der Waals surface area (Å²) < 4.78 is 25.2. The maximum Gasteiger partial charge on any atom is 0.281 e. The fraction of sp³-hybridized carbons (Fsp3) is 0.111. The second-order valence-electron chi connectivity index (χ2n) is 5.45. The van der Waals surface area contributed by atoms with Crippen molar-refractivity contribution >= 4 is 35.0 Å². The summed E-state index contributed by atoms with van der Waals surface area (Å²) in [6, 6.07) is 11.4. The van der Waals surface area contributed by atoms with Gasteiger partial charge in [-0.2, -0.15) is 0 Å². The maximum absolute atomic E-state index is 14.0. The van der Waals surface area contributed by atoms with Crippen LogP contribution in [-0.2, 0) is 4.79 Å². The van der Waals surface area contributed by atoms with E-state index in [0.717, 1.165) is 4.90 Å². The Morgan fingerprint density at radius 3 is 2.76 bits per heavy atom. The van der Waals surface area contributed by atoms with E-state index in [2.05, 4.69) is 5.32 Å². The molecule has 0 aromatic heterocycles. The van der Waals surface area contributed by atoms with Crippen LogP contribution in [0.5, 0.6) is 11.5 Å². The Hall–Kier alpha value is -2.93. The van der Waals surface area contributed by atoms with E-state index in [1.54, 1.807) is 24.3 Å².